The zero-order valence-electron chi connectivity index (χ0n) is 13.2. The normalized spacial score (nSPS) is 16.4. The van der Waals surface area contributed by atoms with E-state index >= 15 is 0 Å². The highest BCUT2D eigenvalue weighted by atomic mass is 16.3. The van der Waals surface area contributed by atoms with Crippen molar-refractivity contribution in [1.29, 1.82) is 0 Å². The number of aryl methyl sites for hydroxylation is 2. The molecule has 0 aliphatic rings. The molecule has 0 amide bonds. The highest BCUT2D eigenvalue weighted by molar-refractivity contribution is 5.30. The van der Waals surface area contributed by atoms with Gasteiger partial charge in [-0.1, -0.05) is 43.2 Å². The quantitative estimate of drug-likeness (QED) is 0.819. The SMILES string of the molecule is Cc1cc(C)cc(C(C)NCC(C)(O)CC(C)C)c1. The molecule has 0 heterocycles. The van der Waals surface area contributed by atoms with Gasteiger partial charge >= 0.3 is 0 Å². The lowest BCUT2D eigenvalue weighted by molar-refractivity contribution is 0.0363. The van der Waals surface area contributed by atoms with E-state index < -0.39 is 5.60 Å². The van der Waals surface area contributed by atoms with E-state index in [-0.39, 0.29) is 6.04 Å². The van der Waals surface area contributed by atoms with E-state index in [1.165, 1.54) is 16.7 Å². The molecule has 1 aromatic rings. The monoisotopic (exact) mass is 263 g/mol. The van der Waals surface area contributed by atoms with Crippen LogP contribution in [-0.4, -0.2) is 17.3 Å². The first-order valence-corrected chi connectivity index (χ1v) is 7.23. The van der Waals surface area contributed by atoms with E-state index in [0.717, 1.165) is 6.42 Å². The standard InChI is InChI=1S/C17H29NO/c1-12(2)10-17(6,19)11-18-15(5)16-8-13(3)7-14(4)9-16/h7-9,12,15,18-19H,10-11H2,1-6H3. The van der Waals surface area contributed by atoms with Crippen molar-refractivity contribution < 1.29 is 5.11 Å². The summed E-state index contributed by atoms with van der Waals surface area (Å²) < 4.78 is 0. The molecule has 2 N–H and O–H groups in total. The maximum absolute atomic E-state index is 10.3. The summed E-state index contributed by atoms with van der Waals surface area (Å²) >= 11 is 0. The average Bonchev–Trinajstić information content (AvgIpc) is 2.22. The lowest BCUT2D eigenvalue weighted by atomic mass is 9.93. The van der Waals surface area contributed by atoms with E-state index in [1.54, 1.807) is 0 Å². The Hall–Kier alpha value is -0.860. The van der Waals surface area contributed by atoms with Gasteiger partial charge in [0.25, 0.3) is 0 Å². The van der Waals surface area contributed by atoms with Crippen LogP contribution in [0, 0.1) is 19.8 Å². The van der Waals surface area contributed by atoms with Crippen LogP contribution in [0.15, 0.2) is 18.2 Å². The van der Waals surface area contributed by atoms with E-state index in [4.69, 9.17) is 0 Å². The fourth-order valence-corrected chi connectivity index (χ4v) is 2.70. The summed E-state index contributed by atoms with van der Waals surface area (Å²) in [7, 11) is 0. The molecule has 2 heteroatoms. The summed E-state index contributed by atoms with van der Waals surface area (Å²) in [5, 5.41) is 13.8. The van der Waals surface area contributed by atoms with Crippen LogP contribution in [0.1, 0.15) is 56.8 Å². The molecule has 0 fully saturated rings. The van der Waals surface area contributed by atoms with Crippen LogP contribution in [0.25, 0.3) is 0 Å². The first-order chi connectivity index (χ1) is 8.69. The Morgan fingerprint density at radius 3 is 2.11 bits per heavy atom. The maximum atomic E-state index is 10.3. The van der Waals surface area contributed by atoms with Crippen molar-refractivity contribution >= 4 is 0 Å². The predicted molar refractivity (Wildman–Crippen MR) is 82.4 cm³/mol. The van der Waals surface area contributed by atoms with Crippen LogP contribution in [0.5, 0.6) is 0 Å². The molecule has 0 bridgehead atoms. The lowest BCUT2D eigenvalue weighted by Gasteiger charge is -2.28. The van der Waals surface area contributed by atoms with E-state index in [1.807, 2.05) is 6.92 Å². The molecule has 0 aromatic heterocycles. The molecule has 0 aliphatic carbocycles. The van der Waals surface area contributed by atoms with Gasteiger partial charge < -0.3 is 10.4 Å². The molecule has 0 saturated heterocycles. The van der Waals surface area contributed by atoms with Gasteiger partial charge in [0.2, 0.25) is 0 Å². The van der Waals surface area contributed by atoms with Gasteiger partial charge in [0.15, 0.2) is 0 Å². The molecule has 1 rings (SSSR count). The van der Waals surface area contributed by atoms with Crippen LogP contribution < -0.4 is 5.32 Å². The highest BCUT2D eigenvalue weighted by Gasteiger charge is 2.22. The minimum atomic E-state index is -0.638. The summed E-state index contributed by atoms with van der Waals surface area (Å²) in [6, 6.07) is 6.87. The molecular weight excluding hydrogens is 234 g/mol. The van der Waals surface area contributed by atoms with Crippen molar-refractivity contribution in [1.82, 2.24) is 5.32 Å². The molecule has 0 radical (unpaired) electrons. The van der Waals surface area contributed by atoms with Gasteiger partial charge in [-0.05, 0) is 45.6 Å². The molecule has 2 nitrogen and oxygen atoms in total. The van der Waals surface area contributed by atoms with Crippen LogP contribution in [-0.2, 0) is 0 Å². The van der Waals surface area contributed by atoms with Gasteiger partial charge in [0.05, 0.1) is 5.60 Å². The van der Waals surface area contributed by atoms with Gasteiger partial charge in [0.1, 0.15) is 0 Å². The van der Waals surface area contributed by atoms with Gasteiger partial charge in [-0.3, -0.25) is 0 Å². The Bertz CT molecular complexity index is 389. The number of rotatable bonds is 6. The lowest BCUT2D eigenvalue weighted by Crippen LogP contribution is -2.39. The summed E-state index contributed by atoms with van der Waals surface area (Å²) in [5.74, 6) is 0.508. The van der Waals surface area contributed by atoms with Crippen LogP contribution in [0.3, 0.4) is 0 Å². The fraction of sp³-hybridized carbons (Fsp3) is 0.647. The largest absolute Gasteiger partial charge is 0.389 e. The number of aliphatic hydroxyl groups is 1. The van der Waals surface area contributed by atoms with Crippen molar-refractivity contribution in [2.75, 3.05) is 6.54 Å². The molecule has 2 unspecified atom stereocenters. The number of hydrogen-bond donors (Lipinski definition) is 2. The topological polar surface area (TPSA) is 32.3 Å². The molecule has 0 spiro atoms. The molecule has 108 valence electrons. The molecule has 0 aliphatic heterocycles. The van der Waals surface area contributed by atoms with Gasteiger partial charge in [-0.15, -0.1) is 0 Å². The molecular formula is C17H29NO. The maximum Gasteiger partial charge on any atom is 0.0746 e. The second kappa shape index (κ2) is 6.53. The Labute approximate surface area is 118 Å². The fourth-order valence-electron chi connectivity index (χ4n) is 2.70. The van der Waals surface area contributed by atoms with E-state index in [0.29, 0.717) is 12.5 Å². The Morgan fingerprint density at radius 1 is 1.11 bits per heavy atom. The highest BCUT2D eigenvalue weighted by Crippen LogP contribution is 2.19. The summed E-state index contributed by atoms with van der Waals surface area (Å²) in [6.07, 6.45) is 0.819. The molecule has 1 aromatic carbocycles. The number of nitrogens with one attached hydrogen (secondary N) is 1. The van der Waals surface area contributed by atoms with Crippen LogP contribution >= 0.6 is 0 Å². The van der Waals surface area contributed by atoms with Crippen molar-refractivity contribution in [2.24, 2.45) is 5.92 Å². The minimum Gasteiger partial charge on any atom is -0.389 e. The van der Waals surface area contributed by atoms with Crippen molar-refractivity contribution in [3.63, 3.8) is 0 Å². The third-order valence-electron chi connectivity index (χ3n) is 3.38. The molecule has 19 heavy (non-hydrogen) atoms. The van der Waals surface area contributed by atoms with Crippen molar-refractivity contribution in [2.45, 2.75) is 59.6 Å². The average molecular weight is 263 g/mol. The zero-order chi connectivity index (χ0) is 14.6. The van der Waals surface area contributed by atoms with Crippen LogP contribution in [0.4, 0.5) is 0 Å². The number of benzene rings is 1. The summed E-state index contributed by atoms with van der Waals surface area (Å²) in [6.45, 7) is 13.2. The first kappa shape index (κ1) is 16.2. The smallest absolute Gasteiger partial charge is 0.0746 e. The summed E-state index contributed by atoms with van der Waals surface area (Å²) in [5.41, 5.74) is 3.23. The summed E-state index contributed by atoms with van der Waals surface area (Å²) in [4.78, 5) is 0. The van der Waals surface area contributed by atoms with Gasteiger partial charge in [-0.25, -0.2) is 0 Å². The predicted octanol–water partition coefficient (Wildman–Crippen LogP) is 3.75. The second-order valence-corrected chi connectivity index (χ2v) is 6.62. The Kier molecular flexibility index (Phi) is 5.57. The second-order valence-electron chi connectivity index (χ2n) is 6.62. The molecule has 0 saturated carbocycles. The van der Waals surface area contributed by atoms with Gasteiger partial charge in [-0.2, -0.15) is 0 Å². The van der Waals surface area contributed by atoms with E-state index in [9.17, 15) is 5.11 Å². The Balaban J connectivity index is 2.62. The first-order valence-electron chi connectivity index (χ1n) is 7.23. The van der Waals surface area contributed by atoms with Crippen LogP contribution in [0.2, 0.25) is 0 Å². The zero-order valence-corrected chi connectivity index (χ0v) is 13.2. The van der Waals surface area contributed by atoms with Crippen molar-refractivity contribution in [3.05, 3.63) is 34.9 Å². The van der Waals surface area contributed by atoms with Crippen molar-refractivity contribution in [3.8, 4) is 0 Å². The van der Waals surface area contributed by atoms with Gasteiger partial charge in [0, 0.05) is 12.6 Å². The third-order valence-corrected chi connectivity index (χ3v) is 3.38. The Morgan fingerprint density at radius 2 is 1.63 bits per heavy atom. The third kappa shape index (κ3) is 5.75. The molecule has 2 atom stereocenters. The number of hydrogen-bond acceptors (Lipinski definition) is 2. The van der Waals surface area contributed by atoms with E-state index in [2.05, 4.69) is 58.1 Å². The minimum absolute atomic E-state index is 0.261.